The molecule has 0 unspecified atom stereocenters. The summed E-state index contributed by atoms with van der Waals surface area (Å²) >= 11 is 0. The molecular formula is C20H28Mo2N2O14-12. The number of aliphatic carboxylic acids is 2. The molecule has 0 aromatic heterocycles. The van der Waals surface area contributed by atoms with Gasteiger partial charge < -0.3 is 72.8 Å². The molecule has 2 aromatic carbocycles. The number of carboxylic acid groups (broad SMARTS) is 2. The summed E-state index contributed by atoms with van der Waals surface area (Å²) in [5, 5.41) is 73.9. The third-order valence-electron chi connectivity index (χ3n) is 3.23. The van der Waals surface area contributed by atoms with E-state index in [4.69, 9.17) is 61.9 Å². The van der Waals surface area contributed by atoms with Crippen molar-refractivity contribution in [2.24, 2.45) is 0 Å². The van der Waals surface area contributed by atoms with Crippen molar-refractivity contribution in [1.82, 2.24) is 8.97 Å². The van der Waals surface area contributed by atoms with Gasteiger partial charge in [0.15, 0.2) is 0 Å². The first-order valence-electron chi connectivity index (χ1n) is 8.69. The third kappa shape index (κ3) is 41.4. The molecule has 0 fully saturated rings. The number of hydrogen-bond donors (Lipinski definition) is 0. The molecule has 0 heterocycles. The molecule has 0 saturated heterocycles. The molecule has 0 aliphatic carbocycles. The van der Waals surface area contributed by atoms with E-state index in [-0.39, 0.29) is 53.1 Å². The fourth-order valence-electron chi connectivity index (χ4n) is 1.75. The van der Waals surface area contributed by atoms with Crippen LogP contribution in [0.2, 0.25) is 0 Å². The Kier molecular flexibility index (Phi) is 63.5. The maximum absolute atomic E-state index is 8.93. The van der Waals surface area contributed by atoms with Gasteiger partial charge in [-0.15, -0.1) is 0 Å². The van der Waals surface area contributed by atoms with E-state index in [0.29, 0.717) is 0 Å². The monoisotopic (exact) mass is 716 g/mol. The molecule has 2 aromatic rings. The van der Waals surface area contributed by atoms with E-state index >= 15 is 0 Å². The van der Waals surface area contributed by atoms with Crippen LogP contribution >= 0.6 is 0 Å². The van der Waals surface area contributed by atoms with E-state index in [0.717, 1.165) is 8.97 Å². The fourth-order valence-corrected chi connectivity index (χ4v) is 1.75. The summed E-state index contributed by atoms with van der Waals surface area (Å²) in [4.78, 5) is 17.9. The zero-order chi connectivity index (χ0) is 28.4. The van der Waals surface area contributed by atoms with Crippen molar-refractivity contribution in [1.29, 1.82) is 0 Å². The van der Waals surface area contributed by atoms with Gasteiger partial charge in [-0.05, 0) is 24.3 Å². The van der Waals surface area contributed by atoms with Gasteiger partial charge in [-0.2, -0.15) is 0 Å². The summed E-state index contributed by atoms with van der Waals surface area (Å²) in [6.07, 6.45) is 0. The van der Waals surface area contributed by atoms with Gasteiger partial charge in [0.2, 0.25) is 0 Å². The Bertz CT molecular complexity index is 641. The molecule has 0 spiro atoms. The predicted octanol–water partition coefficient (Wildman–Crippen LogP) is -9.50. The molecule has 0 bridgehead atoms. The van der Waals surface area contributed by atoms with Gasteiger partial charge in [0.25, 0.3) is 0 Å². The summed E-state index contributed by atoms with van der Waals surface area (Å²) in [5.41, 5.74) is 2.67. The van der Waals surface area contributed by atoms with E-state index < -0.39 is 11.9 Å². The molecule has 0 amide bonds. The number of rotatable bonds is 2. The van der Waals surface area contributed by atoms with Gasteiger partial charge in [-0.25, -0.2) is 0 Å². The van der Waals surface area contributed by atoms with Crippen molar-refractivity contribution in [3.05, 3.63) is 60.7 Å². The second-order valence-corrected chi connectivity index (χ2v) is 7.27. The minimum absolute atomic E-state index is 0. The Hall–Kier alpha value is -1.72. The van der Waals surface area contributed by atoms with E-state index in [2.05, 4.69) is 90.8 Å². The van der Waals surface area contributed by atoms with Crippen molar-refractivity contribution >= 4 is 23.3 Å². The van der Waals surface area contributed by atoms with Crippen molar-refractivity contribution in [2.45, 2.75) is 0 Å². The molecule has 0 atom stereocenters. The molecule has 16 nitrogen and oxygen atoms in total. The SMILES string of the molecule is C[N+](C)(C)c1ccccc1.C[N+](C)(C)c1ccccc1.O=C([O-])C(=O)[O-].[Mo].[Mo].[O-2].[O-2].[O-][O-].[O-][O-].[O-][O-].[O-][O-]. The normalized spacial score (nSPS) is 7.84. The predicted molar refractivity (Wildman–Crippen MR) is 103 cm³/mol. The number of para-hydroxylation sites is 2. The Balaban J connectivity index is -0.0000000407. The van der Waals surface area contributed by atoms with Crippen molar-refractivity contribution in [2.75, 3.05) is 42.3 Å². The van der Waals surface area contributed by atoms with E-state index in [1.807, 2.05) is 12.1 Å². The van der Waals surface area contributed by atoms with Gasteiger partial charge in [-0.1, -0.05) is 36.4 Å². The number of carbonyl (C=O) groups is 2. The van der Waals surface area contributed by atoms with Crippen LogP contribution in [0.5, 0.6) is 0 Å². The average molecular weight is 712 g/mol. The van der Waals surface area contributed by atoms with Crippen LogP contribution in [0.15, 0.2) is 60.7 Å². The minimum Gasteiger partial charge on any atom is -2.00 e. The van der Waals surface area contributed by atoms with Crippen LogP contribution in [-0.4, -0.2) is 54.2 Å². The first-order valence-corrected chi connectivity index (χ1v) is 8.69. The molecule has 0 radical (unpaired) electrons. The standard InChI is InChI=1S/2C9H14N.C2H2O4.2Mo.4O2.2O/c2*1-10(2,3)9-7-5-4-6-8-9;3-1(4)2(5)6;;;4*1-2;;/h2*4-8H,1-3H3;(H,3,4)(H,5,6);;;;;;;;/q2*+1;;;;6*-2/p-2. The third-order valence-corrected chi connectivity index (χ3v) is 3.23. The summed E-state index contributed by atoms with van der Waals surface area (Å²) < 4.78 is 1.78. The van der Waals surface area contributed by atoms with Gasteiger partial charge >= 0.3 is 0 Å². The zero-order valence-electron chi connectivity index (χ0n) is 21.2. The van der Waals surface area contributed by atoms with E-state index in [1.165, 1.54) is 11.4 Å². The van der Waals surface area contributed by atoms with E-state index in [1.54, 1.807) is 0 Å². The number of nitrogens with zero attached hydrogens (tertiary/aromatic N) is 2. The molecule has 2 rings (SSSR count). The van der Waals surface area contributed by atoms with Crippen molar-refractivity contribution in [3.63, 3.8) is 0 Å². The topological polar surface area (TPSA) is 322 Å². The van der Waals surface area contributed by atoms with Crippen LogP contribution in [0.1, 0.15) is 0 Å². The zero-order valence-corrected chi connectivity index (χ0v) is 25.2. The first-order chi connectivity index (χ1) is 15.9. The van der Waals surface area contributed by atoms with Crippen molar-refractivity contribution < 1.29 is 115 Å². The fraction of sp³-hybridized carbons (Fsp3) is 0.300. The number of carboxylic acids is 2. The average Bonchev–Trinajstić information content (AvgIpc) is 2.85. The Morgan fingerprint density at radius 2 is 0.632 bits per heavy atom. The summed E-state index contributed by atoms with van der Waals surface area (Å²) in [6.45, 7) is 0. The largest absolute Gasteiger partial charge is 2.00 e. The Morgan fingerprint density at radius 1 is 0.474 bits per heavy atom. The number of quaternary nitrogens is 2. The first kappa shape index (κ1) is 60.7. The second-order valence-electron chi connectivity index (χ2n) is 7.27. The van der Waals surface area contributed by atoms with Gasteiger partial charge in [0.1, 0.15) is 11.4 Å². The number of benzene rings is 2. The minimum atomic E-state index is -2.19. The summed E-state index contributed by atoms with van der Waals surface area (Å²) in [7, 11) is 13.0. The van der Waals surface area contributed by atoms with Crippen LogP contribution in [0.3, 0.4) is 0 Å². The molecular weight excluding hydrogens is 684 g/mol. The Morgan fingerprint density at radius 3 is 0.711 bits per heavy atom. The van der Waals surface area contributed by atoms with Gasteiger partial charge in [0.05, 0.1) is 54.2 Å². The van der Waals surface area contributed by atoms with Gasteiger partial charge in [-0.3, -0.25) is 8.97 Å². The smallest absolute Gasteiger partial charge is 0.132 e. The second kappa shape index (κ2) is 39.8. The van der Waals surface area contributed by atoms with E-state index in [9.17, 15) is 0 Å². The van der Waals surface area contributed by atoms with Crippen LogP contribution in [0.25, 0.3) is 0 Å². The molecule has 0 saturated carbocycles. The molecule has 0 N–H and O–H groups in total. The quantitative estimate of drug-likeness (QED) is 0.0921. The molecule has 0 aliphatic heterocycles. The van der Waals surface area contributed by atoms with Crippen LogP contribution in [-0.2, 0) is 62.7 Å². The van der Waals surface area contributed by atoms with Crippen LogP contribution in [0.4, 0.5) is 11.4 Å². The van der Waals surface area contributed by atoms with Gasteiger partial charge in [0, 0.05) is 42.1 Å². The summed E-state index contributed by atoms with van der Waals surface area (Å²) in [6, 6.07) is 20.9. The van der Waals surface area contributed by atoms with Crippen LogP contribution in [0, 0.1) is 0 Å². The summed E-state index contributed by atoms with van der Waals surface area (Å²) in [5.74, 6) is -4.37. The maximum atomic E-state index is 8.93. The maximum Gasteiger partial charge on any atom is 0.132 e. The molecule has 0 aliphatic rings. The Labute approximate surface area is 249 Å². The van der Waals surface area contributed by atoms with Crippen LogP contribution < -0.4 is 61.2 Å². The van der Waals surface area contributed by atoms with Crippen molar-refractivity contribution in [3.8, 4) is 0 Å². The molecule has 18 heteroatoms. The molecule has 226 valence electrons. The number of hydrogen-bond acceptors (Lipinski definition) is 12. The number of carbonyl (C=O) groups excluding carboxylic acids is 2. The molecule has 38 heavy (non-hydrogen) atoms.